The van der Waals surface area contributed by atoms with Crippen molar-refractivity contribution >= 4 is 31.5 Å². The molecule has 0 saturated carbocycles. The summed E-state index contributed by atoms with van der Waals surface area (Å²) in [6, 6.07) is 5.87. The van der Waals surface area contributed by atoms with Crippen LogP contribution in [0.15, 0.2) is 30.3 Å². The Morgan fingerprint density at radius 3 is 2.28 bits per heavy atom. The first-order valence-electron chi connectivity index (χ1n) is 9.38. The second-order valence-corrected chi connectivity index (χ2v) is 8.25. The van der Waals surface area contributed by atoms with E-state index in [2.05, 4.69) is 9.84 Å². The molecule has 14 heteroatoms. The van der Waals surface area contributed by atoms with Gasteiger partial charge >= 0.3 is 7.75 Å². The van der Waals surface area contributed by atoms with E-state index in [9.17, 15) is 39.2 Å². The Kier molecular flexibility index (Phi) is 10.9. The Bertz CT molecular complexity index is 811. The van der Waals surface area contributed by atoms with Crippen molar-refractivity contribution in [2.75, 3.05) is 18.8 Å². The molecule has 0 aliphatic rings. The van der Waals surface area contributed by atoms with Crippen LogP contribution in [-0.2, 0) is 28.3 Å². The zero-order valence-corrected chi connectivity index (χ0v) is 18.6. The zero-order chi connectivity index (χ0) is 24.5. The van der Waals surface area contributed by atoms with Gasteiger partial charge in [0.05, 0.1) is 19.4 Å². The molecule has 0 aliphatic heterocycles. The Labute approximate surface area is 184 Å². The van der Waals surface area contributed by atoms with Crippen molar-refractivity contribution in [1.82, 2.24) is 10.4 Å². The number of carbonyl (C=O) groups excluding carboxylic acids is 3. The third kappa shape index (κ3) is 8.28. The number of anilines is 1. The fourth-order valence-corrected chi connectivity index (χ4v) is 3.47. The molecule has 0 bridgehead atoms. The van der Waals surface area contributed by atoms with Gasteiger partial charge < -0.3 is 30.3 Å². The molecule has 180 valence electrons. The van der Waals surface area contributed by atoms with Crippen LogP contribution < -0.4 is 15.5 Å². The zero-order valence-electron chi connectivity index (χ0n) is 17.7. The van der Waals surface area contributed by atoms with Gasteiger partial charge in [-0.2, -0.15) is 0 Å². The first-order chi connectivity index (χ1) is 14.9. The molecule has 6 atom stereocenters. The lowest BCUT2D eigenvalue weighted by Gasteiger charge is -2.29. The number of aliphatic hydroxyl groups is 3. The topological polar surface area (TPSA) is 195 Å². The normalized spacial score (nSPS) is 17.7. The van der Waals surface area contributed by atoms with Crippen LogP contribution in [0.5, 0.6) is 0 Å². The maximum absolute atomic E-state index is 12.4. The van der Waals surface area contributed by atoms with E-state index in [0.717, 1.165) is 6.92 Å². The average molecular weight is 477 g/mol. The summed E-state index contributed by atoms with van der Waals surface area (Å²) in [4.78, 5) is 49.4. The maximum Gasteiger partial charge on any atom is 0.432 e. The van der Waals surface area contributed by atoms with Crippen molar-refractivity contribution in [1.29, 1.82) is 0 Å². The summed E-state index contributed by atoms with van der Waals surface area (Å²) in [5.41, 5.74) is 0.503. The number of carbonyl (C=O) groups is 3. The average Bonchev–Trinajstić information content (AvgIpc) is 2.75. The van der Waals surface area contributed by atoms with Crippen LogP contribution in [0.4, 0.5) is 5.69 Å². The van der Waals surface area contributed by atoms with Gasteiger partial charge in [-0.05, 0) is 19.1 Å². The van der Waals surface area contributed by atoms with E-state index in [1.54, 1.807) is 35.4 Å². The number of benzene rings is 1. The molecule has 0 saturated heterocycles. The number of aldehydes is 1. The molecule has 1 rings (SSSR count). The summed E-state index contributed by atoms with van der Waals surface area (Å²) in [6.45, 7) is 1.49. The second-order valence-electron chi connectivity index (χ2n) is 6.72. The third-order valence-corrected chi connectivity index (χ3v) is 5.24. The number of nitrogens with zero attached hydrogens (tertiary/aromatic N) is 1. The van der Waals surface area contributed by atoms with Gasteiger partial charge in [0, 0.05) is 6.92 Å². The Morgan fingerprint density at radius 1 is 1.19 bits per heavy atom. The monoisotopic (exact) mass is 477 g/mol. The quantitative estimate of drug-likeness (QED) is 0.109. The Morgan fingerprint density at radius 2 is 1.78 bits per heavy atom. The van der Waals surface area contributed by atoms with Gasteiger partial charge in [-0.15, -0.1) is 0 Å². The number of rotatable bonds is 13. The first kappa shape index (κ1) is 27.7. The first-order valence-corrected chi connectivity index (χ1v) is 11.0. The smallest absolute Gasteiger partial charge is 0.388 e. The second kappa shape index (κ2) is 12.6. The highest BCUT2D eigenvalue weighted by Gasteiger charge is 2.35. The van der Waals surface area contributed by atoms with Crippen molar-refractivity contribution in [3.63, 3.8) is 0 Å². The van der Waals surface area contributed by atoms with Crippen molar-refractivity contribution in [3.05, 3.63) is 30.3 Å². The SMILES string of the molecule is CON(c1ccccc1)[C@@H](C)C(=O)NP(=O)(O)OC[C@@H](O)[C@@H](O)[C@H](O)[C@H](C=O)NC(C)=O. The lowest BCUT2D eigenvalue weighted by atomic mass is 10.0. The molecule has 0 spiro atoms. The Hall–Kier alpha value is -2.38. The molecular formula is C18H28N3O10P. The highest BCUT2D eigenvalue weighted by atomic mass is 31.2. The van der Waals surface area contributed by atoms with Crippen LogP contribution in [0.3, 0.4) is 0 Å². The number of hydrogen-bond acceptors (Lipinski definition) is 10. The predicted octanol–water partition coefficient (Wildman–Crippen LogP) is -1.54. The molecule has 0 aliphatic carbocycles. The lowest BCUT2D eigenvalue weighted by molar-refractivity contribution is -0.129. The summed E-state index contributed by atoms with van der Waals surface area (Å²) < 4.78 is 16.8. The van der Waals surface area contributed by atoms with Crippen molar-refractivity contribution in [2.45, 2.75) is 44.2 Å². The minimum atomic E-state index is -4.80. The molecule has 2 amide bonds. The number of amides is 2. The van der Waals surface area contributed by atoms with E-state index in [0.29, 0.717) is 5.69 Å². The number of hydroxylamine groups is 1. The standard InChI is InChI=1S/C18H28N3O10P/c1-11(21(30-3)13-7-5-4-6-8-13)18(27)20-32(28,29)31-10-15(24)17(26)16(25)14(9-22)19-12(2)23/h4-9,11,14-17,24-26H,10H2,1-3H3,(H,19,23)(H2,20,27,28,29)/t11-,14-,15+,16+,17+/m0/s1. The fraction of sp³-hybridized carbons (Fsp3) is 0.500. The van der Waals surface area contributed by atoms with Gasteiger partial charge in [0.1, 0.15) is 36.7 Å². The number of nitrogens with one attached hydrogen (secondary N) is 2. The third-order valence-electron chi connectivity index (χ3n) is 4.24. The van der Waals surface area contributed by atoms with Crippen LogP contribution in [-0.4, -0.2) is 82.4 Å². The van der Waals surface area contributed by atoms with E-state index in [1.807, 2.05) is 0 Å². The van der Waals surface area contributed by atoms with Crippen molar-refractivity contribution in [2.24, 2.45) is 0 Å². The molecule has 0 radical (unpaired) electrons. The van der Waals surface area contributed by atoms with Crippen LogP contribution >= 0.6 is 7.75 Å². The summed E-state index contributed by atoms with van der Waals surface area (Å²) in [6.07, 6.45) is -5.73. The molecule has 6 N–H and O–H groups in total. The lowest BCUT2D eigenvalue weighted by Crippen LogP contribution is -2.53. The minimum absolute atomic E-state index is 0.149. The molecule has 0 heterocycles. The summed E-state index contributed by atoms with van der Waals surface area (Å²) in [5.74, 6) is -1.61. The highest BCUT2D eigenvalue weighted by molar-refractivity contribution is 7.51. The number of aliphatic hydroxyl groups excluding tert-OH is 3. The molecule has 0 fully saturated rings. The molecule has 13 nitrogen and oxygen atoms in total. The van der Waals surface area contributed by atoms with Gasteiger partial charge in [-0.25, -0.2) is 9.63 Å². The molecule has 32 heavy (non-hydrogen) atoms. The van der Waals surface area contributed by atoms with E-state index < -0.39 is 56.6 Å². The predicted molar refractivity (Wildman–Crippen MR) is 111 cm³/mol. The van der Waals surface area contributed by atoms with Crippen molar-refractivity contribution in [3.8, 4) is 0 Å². The minimum Gasteiger partial charge on any atom is -0.388 e. The van der Waals surface area contributed by atoms with E-state index in [1.165, 1.54) is 19.1 Å². The van der Waals surface area contributed by atoms with Crippen LogP contribution in [0, 0.1) is 0 Å². The number of hydrogen-bond donors (Lipinski definition) is 6. The highest BCUT2D eigenvalue weighted by Crippen LogP contribution is 2.37. The van der Waals surface area contributed by atoms with Gasteiger partial charge in [0.2, 0.25) is 5.91 Å². The van der Waals surface area contributed by atoms with Gasteiger partial charge in [0.25, 0.3) is 5.91 Å². The van der Waals surface area contributed by atoms with Crippen LogP contribution in [0.1, 0.15) is 13.8 Å². The summed E-state index contributed by atoms with van der Waals surface area (Å²) in [7, 11) is -3.49. The van der Waals surface area contributed by atoms with E-state index in [-0.39, 0.29) is 6.29 Å². The van der Waals surface area contributed by atoms with Gasteiger partial charge in [-0.3, -0.25) is 24.0 Å². The van der Waals surface area contributed by atoms with Crippen molar-refractivity contribution < 1.29 is 48.5 Å². The summed E-state index contributed by atoms with van der Waals surface area (Å²) >= 11 is 0. The fourth-order valence-electron chi connectivity index (χ4n) is 2.58. The van der Waals surface area contributed by atoms with Crippen LogP contribution in [0.25, 0.3) is 0 Å². The maximum atomic E-state index is 12.4. The largest absolute Gasteiger partial charge is 0.432 e. The molecule has 0 aromatic heterocycles. The molecule has 1 unspecified atom stereocenters. The van der Waals surface area contributed by atoms with E-state index in [4.69, 9.17) is 4.84 Å². The number of para-hydroxylation sites is 1. The Balaban J connectivity index is 2.69. The van der Waals surface area contributed by atoms with E-state index >= 15 is 0 Å². The van der Waals surface area contributed by atoms with Gasteiger partial charge in [-0.1, -0.05) is 18.2 Å². The summed E-state index contributed by atoms with van der Waals surface area (Å²) in [5, 5.41) is 34.8. The van der Waals surface area contributed by atoms with Gasteiger partial charge in [0.15, 0.2) is 0 Å². The van der Waals surface area contributed by atoms with Crippen LogP contribution in [0.2, 0.25) is 0 Å². The molecule has 1 aromatic carbocycles. The molecular weight excluding hydrogens is 449 g/mol. The molecule has 1 aromatic rings.